The number of halogens is 1. The standard InChI is InChI=1S/C17H15FN4O2/c1-21-11-8-19-16(21)15(12-2-4-14(18)5-3-12)20-17(23)13-6-9-22(24)10-7-13/h2-11,15H,1H3,(H,20,23). The first kappa shape index (κ1) is 15.7. The van der Waals surface area contributed by atoms with Crippen molar-refractivity contribution in [1.29, 1.82) is 0 Å². The molecule has 0 saturated heterocycles. The Balaban J connectivity index is 1.93. The predicted octanol–water partition coefficient (Wildman–Crippen LogP) is 1.71. The maximum absolute atomic E-state index is 13.2. The minimum Gasteiger partial charge on any atom is -0.619 e. The van der Waals surface area contributed by atoms with Crippen LogP contribution >= 0.6 is 0 Å². The number of hydrogen-bond acceptors (Lipinski definition) is 3. The van der Waals surface area contributed by atoms with E-state index in [1.807, 2.05) is 7.05 Å². The Kier molecular flexibility index (Phi) is 4.24. The first-order valence-corrected chi connectivity index (χ1v) is 7.27. The summed E-state index contributed by atoms with van der Waals surface area (Å²) in [5.74, 6) is -0.0931. The molecule has 0 saturated carbocycles. The summed E-state index contributed by atoms with van der Waals surface area (Å²) in [7, 11) is 1.81. The number of hydrogen-bond donors (Lipinski definition) is 1. The topological polar surface area (TPSA) is 73.9 Å². The number of nitrogens with zero attached hydrogens (tertiary/aromatic N) is 3. The molecule has 24 heavy (non-hydrogen) atoms. The summed E-state index contributed by atoms with van der Waals surface area (Å²) in [4.78, 5) is 16.8. The van der Waals surface area contributed by atoms with Crippen molar-refractivity contribution in [3.8, 4) is 0 Å². The van der Waals surface area contributed by atoms with E-state index < -0.39 is 6.04 Å². The molecular formula is C17H15FN4O2. The summed E-state index contributed by atoms with van der Waals surface area (Å²) in [5.41, 5.74) is 1.05. The number of aryl methyl sites for hydroxylation is 1. The van der Waals surface area contributed by atoms with Crippen molar-refractivity contribution in [2.75, 3.05) is 0 Å². The van der Waals surface area contributed by atoms with Gasteiger partial charge in [0.25, 0.3) is 5.91 Å². The molecule has 0 aliphatic carbocycles. The van der Waals surface area contributed by atoms with E-state index in [4.69, 9.17) is 0 Å². The van der Waals surface area contributed by atoms with Gasteiger partial charge in [-0.3, -0.25) is 4.79 Å². The van der Waals surface area contributed by atoms with Crippen LogP contribution in [0.1, 0.15) is 27.8 Å². The van der Waals surface area contributed by atoms with Gasteiger partial charge in [-0.05, 0) is 17.7 Å². The third kappa shape index (κ3) is 3.24. The first-order chi connectivity index (χ1) is 11.5. The van der Waals surface area contributed by atoms with E-state index in [0.29, 0.717) is 21.7 Å². The number of pyridine rings is 1. The normalized spacial score (nSPS) is 11.9. The van der Waals surface area contributed by atoms with Crippen LogP contribution in [0.25, 0.3) is 0 Å². The lowest BCUT2D eigenvalue weighted by atomic mass is 10.1. The highest BCUT2D eigenvalue weighted by Gasteiger charge is 2.21. The molecule has 0 aliphatic heterocycles. The lowest BCUT2D eigenvalue weighted by Crippen LogP contribution is -2.32. The summed E-state index contributed by atoms with van der Waals surface area (Å²) >= 11 is 0. The number of benzene rings is 1. The van der Waals surface area contributed by atoms with E-state index in [-0.39, 0.29) is 11.7 Å². The van der Waals surface area contributed by atoms with Crippen LogP contribution in [-0.4, -0.2) is 15.5 Å². The van der Waals surface area contributed by atoms with Crippen molar-refractivity contribution < 1.29 is 13.9 Å². The minimum absolute atomic E-state index is 0.350. The molecule has 1 N–H and O–H groups in total. The molecule has 2 heterocycles. The van der Waals surface area contributed by atoms with Gasteiger partial charge in [0, 0.05) is 31.6 Å². The van der Waals surface area contributed by atoms with Gasteiger partial charge in [-0.25, -0.2) is 9.37 Å². The van der Waals surface area contributed by atoms with Crippen molar-refractivity contribution >= 4 is 5.91 Å². The van der Waals surface area contributed by atoms with Gasteiger partial charge in [0.15, 0.2) is 12.4 Å². The fourth-order valence-corrected chi connectivity index (χ4v) is 2.39. The predicted molar refractivity (Wildman–Crippen MR) is 84.3 cm³/mol. The van der Waals surface area contributed by atoms with Crippen molar-refractivity contribution in [1.82, 2.24) is 14.9 Å². The molecule has 2 aromatic heterocycles. The van der Waals surface area contributed by atoms with Crippen LogP contribution in [0.3, 0.4) is 0 Å². The van der Waals surface area contributed by atoms with Gasteiger partial charge >= 0.3 is 0 Å². The Morgan fingerprint density at radius 1 is 1.25 bits per heavy atom. The average molecular weight is 326 g/mol. The second-order valence-electron chi connectivity index (χ2n) is 5.30. The molecule has 0 fully saturated rings. The summed E-state index contributed by atoms with van der Waals surface area (Å²) in [6, 6.07) is 8.19. The summed E-state index contributed by atoms with van der Waals surface area (Å²) in [6.07, 6.45) is 5.90. The number of nitrogens with one attached hydrogen (secondary N) is 1. The lowest BCUT2D eigenvalue weighted by Gasteiger charge is -2.19. The number of rotatable bonds is 4. The van der Waals surface area contributed by atoms with Gasteiger partial charge in [0.2, 0.25) is 0 Å². The van der Waals surface area contributed by atoms with Crippen molar-refractivity contribution in [2.45, 2.75) is 6.04 Å². The van der Waals surface area contributed by atoms with Crippen LogP contribution in [0.5, 0.6) is 0 Å². The fourth-order valence-electron chi connectivity index (χ4n) is 2.39. The smallest absolute Gasteiger partial charge is 0.252 e. The van der Waals surface area contributed by atoms with E-state index in [0.717, 1.165) is 0 Å². The number of imidazole rings is 1. The summed E-state index contributed by atoms with van der Waals surface area (Å²) < 4.78 is 15.6. The van der Waals surface area contributed by atoms with Gasteiger partial charge in [-0.2, -0.15) is 4.73 Å². The number of amides is 1. The lowest BCUT2D eigenvalue weighted by molar-refractivity contribution is -0.605. The monoisotopic (exact) mass is 326 g/mol. The molecule has 0 aliphatic rings. The number of carbonyl (C=O) groups is 1. The van der Waals surface area contributed by atoms with Gasteiger partial charge in [0.05, 0.1) is 5.56 Å². The maximum atomic E-state index is 13.2. The molecule has 7 heteroatoms. The van der Waals surface area contributed by atoms with E-state index in [1.54, 1.807) is 29.1 Å². The van der Waals surface area contributed by atoms with Crippen LogP contribution in [0.2, 0.25) is 0 Å². The third-order valence-corrected chi connectivity index (χ3v) is 3.66. The van der Waals surface area contributed by atoms with Crippen LogP contribution in [0, 0.1) is 11.0 Å². The second-order valence-corrected chi connectivity index (χ2v) is 5.30. The molecule has 1 amide bonds. The van der Waals surface area contributed by atoms with Crippen LogP contribution in [0.4, 0.5) is 4.39 Å². The second kappa shape index (κ2) is 6.49. The zero-order valence-corrected chi connectivity index (χ0v) is 12.9. The van der Waals surface area contributed by atoms with E-state index in [1.165, 1.54) is 36.7 Å². The average Bonchev–Trinajstić information content (AvgIpc) is 3.00. The van der Waals surface area contributed by atoms with Crippen molar-refractivity contribution in [2.24, 2.45) is 7.05 Å². The van der Waals surface area contributed by atoms with Crippen LogP contribution in [-0.2, 0) is 7.05 Å². The van der Waals surface area contributed by atoms with Crippen molar-refractivity contribution in [3.63, 3.8) is 0 Å². The molecule has 1 unspecified atom stereocenters. The number of aromatic nitrogens is 3. The Bertz CT molecular complexity index is 844. The first-order valence-electron chi connectivity index (χ1n) is 7.27. The Labute approximate surface area is 137 Å². The van der Waals surface area contributed by atoms with Crippen LogP contribution in [0.15, 0.2) is 61.2 Å². The molecule has 6 nitrogen and oxygen atoms in total. The highest BCUT2D eigenvalue weighted by Crippen LogP contribution is 2.21. The van der Waals surface area contributed by atoms with Gasteiger partial charge in [-0.15, -0.1) is 0 Å². The largest absolute Gasteiger partial charge is 0.619 e. The Morgan fingerprint density at radius 3 is 2.50 bits per heavy atom. The molecule has 3 rings (SSSR count). The Hall–Kier alpha value is -3.22. The third-order valence-electron chi connectivity index (χ3n) is 3.66. The van der Waals surface area contributed by atoms with E-state index in [9.17, 15) is 14.4 Å². The molecule has 122 valence electrons. The fraction of sp³-hybridized carbons (Fsp3) is 0.118. The van der Waals surface area contributed by atoms with E-state index >= 15 is 0 Å². The molecule has 0 radical (unpaired) electrons. The zero-order chi connectivity index (χ0) is 17.1. The molecular weight excluding hydrogens is 311 g/mol. The molecule has 1 atom stereocenters. The molecule has 3 aromatic rings. The Morgan fingerprint density at radius 2 is 1.92 bits per heavy atom. The van der Waals surface area contributed by atoms with Crippen molar-refractivity contribution in [3.05, 3.63) is 89.2 Å². The molecule has 0 spiro atoms. The SMILES string of the molecule is Cn1ccnc1C(NC(=O)c1cc[n+]([O-])cc1)c1ccc(F)cc1. The highest BCUT2D eigenvalue weighted by molar-refractivity contribution is 5.94. The minimum atomic E-state index is -0.544. The quantitative estimate of drug-likeness (QED) is 0.586. The number of carbonyl (C=O) groups excluding carboxylic acids is 1. The summed E-state index contributed by atoms with van der Waals surface area (Å²) in [6.45, 7) is 0. The van der Waals surface area contributed by atoms with Gasteiger partial charge in [0.1, 0.15) is 17.7 Å². The molecule has 0 bridgehead atoms. The molecule has 1 aromatic carbocycles. The summed E-state index contributed by atoms with van der Waals surface area (Å²) in [5, 5.41) is 14.0. The van der Waals surface area contributed by atoms with Gasteiger partial charge in [-0.1, -0.05) is 12.1 Å². The van der Waals surface area contributed by atoms with Crippen LogP contribution < -0.4 is 10.0 Å². The van der Waals surface area contributed by atoms with E-state index in [2.05, 4.69) is 10.3 Å². The maximum Gasteiger partial charge on any atom is 0.252 e. The highest BCUT2D eigenvalue weighted by atomic mass is 19.1. The van der Waals surface area contributed by atoms with Gasteiger partial charge < -0.3 is 15.1 Å². The zero-order valence-electron chi connectivity index (χ0n) is 12.9.